The Bertz CT molecular complexity index is 626. The number of nitrogens with one attached hydrogen (secondary N) is 1. The summed E-state index contributed by atoms with van der Waals surface area (Å²) in [6.45, 7) is 6.16. The van der Waals surface area contributed by atoms with E-state index in [0.29, 0.717) is 18.2 Å². The van der Waals surface area contributed by atoms with E-state index >= 15 is 0 Å². The summed E-state index contributed by atoms with van der Waals surface area (Å²) in [5.74, 6) is -0.0717. The van der Waals surface area contributed by atoms with E-state index in [1.54, 1.807) is 12.1 Å². The third-order valence-corrected chi connectivity index (χ3v) is 5.90. The Labute approximate surface area is 139 Å². The first-order chi connectivity index (χ1) is 10.9. The van der Waals surface area contributed by atoms with E-state index in [9.17, 15) is 13.2 Å². The van der Waals surface area contributed by atoms with Gasteiger partial charge in [-0.05, 0) is 58.3 Å². The zero-order valence-corrected chi connectivity index (χ0v) is 14.7. The average Bonchev–Trinajstić information content (AvgIpc) is 2.53. The van der Waals surface area contributed by atoms with Gasteiger partial charge in [0.05, 0.1) is 4.90 Å². The normalized spacial score (nSPS) is 19.7. The van der Waals surface area contributed by atoms with Crippen LogP contribution in [0, 0.1) is 0 Å². The smallest absolute Gasteiger partial charge is 0.240 e. The molecule has 1 N–H and O–H groups in total. The number of nitrogens with zero attached hydrogens (tertiary/aromatic N) is 1. The van der Waals surface area contributed by atoms with Gasteiger partial charge in [0.2, 0.25) is 10.0 Å². The monoisotopic (exact) mass is 338 g/mol. The van der Waals surface area contributed by atoms with Gasteiger partial charge in [0.15, 0.2) is 5.78 Å². The Morgan fingerprint density at radius 1 is 1.26 bits per heavy atom. The highest BCUT2D eigenvalue weighted by molar-refractivity contribution is 7.89. The largest absolute Gasteiger partial charge is 0.301 e. The molecule has 128 valence electrons. The summed E-state index contributed by atoms with van der Waals surface area (Å²) >= 11 is 0. The minimum Gasteiger partial charge on any atom is -0.301 e. The lowest BCUT2D eigenvalue weighted by Gasteiger charge is -2.33. The molecule has 0 amide bonds. The molecule has 1 aliphatic rings. The van der Waals surface area contributed by atoms with Gasteiger partial charge in [-0.25, -0.2) is 13.1 Å². The first kappa shape index (κ1) is 18.1. The number of carbonyl (C=O) groups excluding carboxylic acids is 1. The average molecular weight is 338 g/mol. The fourth-order valence-corrected chi connectivity index (χ4v) is 4.00. The third-order valence-electron chi connectivity index (χ3n) is 4.43. The van der Waals surface area contributed by atoms with Gasteiger partial charge in [-0.3, -0.25) is 4.79 Å². The number of Topliss-reactive ketones (excluding diaryl/α,β-unsaturated/α-hetero) is 1. The number of sulfonamides is 1. The molecule has 1 atom stereocenters. The summed E-state index contributed by atoms with van der Waals surface area (Å²) in [4.78, 5) is 13.9. The third kappa shape index (κ3) is 5.12. The molecule has 1 unspecified atom stereocenters. The Kier molecular flexibility index (Phi) is 6.33. The van der Waals surface area contributed by atoms with Gasteiger partial charge < -0.3 is 4.90 Å². The van der Waals surface area contributed by atoms with Crippen LogP contribution in [-0.2, 0) is 10.0 Å². The molecule has 0 spiro atoms. The number of benzene rings is 1. The predicted molar refractivity (Wildman–Crippen MR) is 91.1 cm³/mol. The number of hydrogen-bond acceptors (Lipinski definition) is 4. The van der Waals surface area contributed by atoms with E-state index in [0.717, 1.165) is 19.5 Å². The molecule has 23 heavy (non-hydrogen) atoms. The van der Waals surface area contributed by atoms with Crippen molar-refractivity contribution in [2.75, 3.05) is 19.6 Å². The molecule has 2 rings (SSSR count). The van der Waals surface area contributed by atoms with Crippen molar-refractivity contribution in [2.45, 2.75) is 50.5 Å². The minimum absolute atomic E-state index is 0.0717. The standard InChI is InChI=1S/C17H26N2O3S/c1-14-6-3-4-12-19(14)13-5-11-18-23(21,22)17-9-7-16(8-10-17)15(2)20/h7-10,14,18H,3-6,11-13H2,1-2H3. The molecule has 1 heterocycles. The summed E-state index contributed by atoms with van der Waals surface area (Å²) in [5.41, 5.74) is 0.517. The van der Waals surface area contributed by atoms with Crippen LogP contribution in [0.1, 0.15) is 49.9 Å². The van der Waals surface area contributed by atoms with Crippen LogP contribution in [0.5, 0.6) is 0 Å². The maximum Gasteiger partial charge on any atom is 0.240 e. The fourth-order valence-electron chi connectivity index (χ4n) is 2.93. The van der Waals surface area contributed by atoms with Crippen LogP contribution < -0.4 is 4.72 Å². The van der Waals surface area contributed by atoms with Crippen molar-refractivity contribution in [1.29, 1.82) is 0 Å². The molecule has 0 radical (unpaired) electrons. The molecular weight excluding hydrogens is 312 g/mol. The maximum absolute atomic E-state index is 12.2. The molecule has 1 aromatic rings. The highest BCUT2D eigenvalue weighted by Gasteiger charge is 2.18. The number of hydrogen-bond donors (Lipinski definition) is 1. The molecule has 5 nitrogen and oxygen atoms in total. The number of piperidine rings is 1. The molecule has 1 fully saturated rings. The highest BCUT2D eigenvalue weighted by Crippen LogP contribution is 2.16. The van der Waals surface area contributed by atoms with E-state index < -0.39 is 10.0 Å². The summed E-state index contributed by atoms with van der Waals surface area (Å²) in [7, 11) is -3.50. The Hall–Kier alpha value is -1.24. The topological polar surface area (TPSA) is 66.5 Å². The SMILES string of the molecule is CC(=O)c1ccc(S(=O)(=O)NCCCN2CCCCC2C)cc1. The van der Waals surface area contributed by atoms with Gasteiger partial charge in [-0.15, -0.1) is 0 Å². The first-order valence-corrected chi connectivity index (χ1v) is 9.73. The lowest BCUT2D eigenvalue weighted by Crippen LogP contribution is -2.39. The predicted octanol–water partition coefficient (Wildman–Crippen LogP) is 2.43. The number of rotatable bonds is 7. The van der Waals surface area contributed by atoms with Crippen LogP contribution in [0.25, 0.3) is 0 Å². The van der Waals surface area contributed by atoms with E-state index in [2.05, 4.69) is 16.5 Å². The molecule has 1 aliphatic heterocycles. The first-order valence-electron chi connectivity index (χ1n) is 8.25. The molecule has 6 heteroatoms. The molecule has 0 bridgehead atoms. The van der Waals surface area contributed by atoms with Gasteiger partial charge in [0.1, 0.15) is 0 Å². The van der Waals surface area contributed by atoms with Crippen LogP contribution in [0.3, 0.4) is 0 Å². The van der Waals surface area contributed by atoms with Crippen LogP contribution in [0.4, 0.5) is 0 Å². The summed E-state index contributed by atoms with van der Waals surface area (Å²) in [6.07, 6.45) is 4.56. The quantitative estimate of drug-likeness (QED) is 0.612. The minimum atomic E-state index is -3.50. The lowest BCUT2D eigenvalue weighted by molar-refractivity contribution is 0.101. The van der Waals surface area contributed by atoms with Crippen molar-refractivity contribution in [3.8, 4) is 0 Å². The fraction of sp³-hybridized carbons (Fsp3) is 0.588. The van der Waals surface area contributed by atoms with Gasteiger partial charge in [-0.2, -0.15) is 0 Å². The van der Waals surface area contributed by atoms with Crippen LogP contribution in [-0.4, -0.2) is 44.8 Å². The Morgan fingerprint density at radius 3 is 2.57 bits per heavy atom. The summed E-state index contributed by atoms with van der Waals surface area (Å²) < 4.78 is 27.1. The van der Waals surface area contributed by atoms with E-state index in [1.165, 1.54) is 38.3 Å². The molecule has 1 saturated heterocycles. The van der Waals surface area contributed by atoms with Crippen molar-refractivity contribution in [2.24, 2.45) is 0 Å². The van der Waals surface area contributed by atoms with Crippen LogP contribution >= 0.6 is 0 Å². The molecule has 1 aromatic carbocycles. The van der Waals surface area contributed by atoms with E-state index in [-0.39, 0.29) is 10.7 Å². The highest BCUT2D eigenvalue weighted by atomic mass is 32.2. The lowest BCUT2D eigenvalue weighted by atomic mass is 10.0. The zero-order valence-electron chi connectivity index (χ0n) is 13.9. The van der Waals surface area contributed by atoms with Crippen molar-refractivity contribution in [1.82, 2.24) is 9.62 Å². The van der Waals surface area contributed by atoms with E-state index in [1.807, 2.05) is 0 Å². The van der Waals surface area contributed by atoms with Crippen molar-refractivity contribution >= 4 is 15.8 Å². The van der Waals surface area contributed by atoms with Crippen molar-refractivity contribution in [3.05, 3.63) is 29.8 Å². The zero-order chi connectivity index (χ0) is 16.9. The molecule has 0 aromatic heterocycles. The van der Waals surface area contributed by atoms with Crippen molar-refractivity contribution < 1.29 is 13.2 Å². The molecule has 0 aliphatic carbocycles. The van der Waals surface area contributed by atoms with Crippen molar-refractivity contribution in [3.63, 3.8) is 0 Å². The van der Waals surface area contributed by atoms with Gasteiger partial charge >= 0.3 is 0 Å². The number of ketones is 1. The second kappa shape index (κ2) is 8.04. The maximum atomic E-state index is 12.2. The van der Waals surface area contributed by atoms with Gasteiger partial charge in [0.25, 0.3) is 0 Å². The Balaban J connectivity index is 1.82. The summed E-state index contributed by atoms with van der Waals surface area (Å²) in [5, 5.41) is 0. The Morgan fingerprint density at radius 2 is 1.96 bits per heavy atom. The second-order valence-electron chi connectivity index (χ2n) is 6.21. The molecule has 0 saturated carbocycles. The van der Waals surface area contributed by atoms with Gasteiger partial charge in [0, 0.05) is 18.2 Å². The molecular formula is C17H26N2O3S. The van der Waals surface area contributed by atoms with E-state index in [4.69, 9.17) is 0 Å². The number of likely N-dealkylation sites (tertiary alicyclic amines) is 1. The summed E-state index contributed by atoms with van der Waals surface area (Å²) in [6, 6.07) is 6.65. The number of carbonyl (C=O) groups is 1. The van der Waals surface area contributed by atoms with Crippen LogP contribution in [0.15, 0.2) is 29.2 Å². The second-order valence-corrected chi connectivity index (χ2v) is 7.98. The van der Waals surface area contributed by atoms with Crippen LogP contribution in [0.2, 0.25) is 0 Å². The van der Waals surface area contributed by atoms with Gasteiger partial charge in [-0.1, -0.05) is 18.6 Å².